The maximum atomic E-state index is 13.0. The summed E-state index contributed by atoms with van der Waals surface area (Å²) in [6.45, 7) is 3.50. The summed E-state index contributed by atoms with van der Waals surface area (Å²) in [5, 5.41) is 13.2. The number of nitrogens with zero attached hydrogens (tertiary/aromatic N) is 1. The van der Waals surface area contributed by atoms with Crippen molar-refractivity contribution in [1.29, 1.82) is 5.41 Å². The molecule has 0 atom stereocenters. The molecule has 1 aliphatic rings. The van der Waals surface area contributed by atoms with Crippen LogP contribution in [0, 0.1) is 17.3 Å². The van der Waals surface area contributed by atoms with E-state index in [1.165, 1.54) is 0 Å². The molecule has 1 aliphatic heterocycles. The highest BCUT2D eigenvalue weighted by Gasteiger charge is 2.23. The van der Waals surface area contributed by atoms with Crippen LogP contribution in [-0.2, 0) is 20.7 Å². The Kier molecular flexibility index (Phi) is 9.46. The number of carbonyl (C=O) groups excluding carboxylic acids is 3. The van der Waals surface area contributed by atoms with Crippen LogP contribution >= 0.6 is 0 Å². The topological polar surface area (TPSA) is 138 Å². The number of ether oxygens (including phenoxy) is 1. The standard InChI is InChI=1S/C27H31N5O4/c1-2-36-25(34)18-31-24(33)17-21-16-19(7-12-23(21)27(35)32-14-3-4-15-32)6-5-13-30-22-10-8-20(9-11-22)26(28)29/h7-12,16,30H,2-4,13-15,17-18H2,1H3,(H3,28,29)(H,31,33). The van der Waals surface area contributed by atoms with Gasteiger partial charge in [0, 0.05) is 35.5 Å². The van der Waals surface area contributed by atoms with Gasteiger partial charge in [-0.15, -0.1) is 0 Å². The highest BCUT2D eigenvalue weighted by Crippen LogP contribution is 2.18. The minimum Gasteiger partial charge on any atom is -0.465 e. The molecule has 1 fully saturated rings. The van der Waals surface area contributed by atoms with Gasteiger partial charge >= 0.3 is 5.97 Å². The molecule has 2 amide bonds. The largest absolute Gasteiger partial charge is 0.465 e. The number of benzene rings is 2. The molecule has 0 bridgehead atoms. The third kappa shape index (κ3) is 7.60. The fourth-order valence-electron chi connectivity index (χ4n) is 3.80. The number of carbonyl (C=O) groups is 3. The molecule has 0 aromatic heterocycles. The van der Waals surface area contributed by atoms with Gasteiger partial charge in [-0.25, -0.2) is 0 Å². The normalized spacial score (nSPS) is 12.3. The van der Waals surface area contributed by atoms with E-state index < -0.39 is 5.97 Å². The highest BCUT2D eigenvalue weighted by molar-refractivity contribution is 5.97. The van der Waals surface area contributed by atoms with Gasteiger partial charge in [0.1, 0.15) is 12.4 Å². The van der Waals surface area contributed by atoms with Gasteiger partial charge < -0.3 is 26.0 Å². The van der Waals surface area contributed by atoms with Crippen LogP contribution in [-0.4, -0.2) is 61.3 Å². The first-order chi connectivity index (χ1) is 17.4. The van der Waals surface area contributed by atoms with Crippen LogP contribution in [0.4, 0.5) is 5.69 Å². The monoisotopic (exact) mass is 489 g/mol. The Morgan fingerprint density at radius 3 is 2.50 bits per heavy atom. The van der Waals surface area contributed by atoms with E-state index in [4.69, 9.17) is 15.9 Å². The summed E-state index contributed by atoms with van der Waals surface area (Å²) < 4.78 is 4.84. The lowest BCUT2D eigenvalue weighted by atomic mass is 9.99. The van der Waals surface area contributed by atoms with Crippen molar-refractivity contribution in [2.45, 2.75) is 26.2 Å². The molecule has 3 rings (SSSR count). The Hall–Kier alpha value is -4.32. The zero-order chi connectivity index (χ0) is 25.9. The van der Waals surface area contributed by atoms with E-state index in [0.29, 0.717) is 41.9 Å². The summed E-state index contributed by atoms with van der Waals surface area (Å²) in [5.74, 6) is 5.13. The zero-order valence-electron chi connectivity index (χ0n) is 20.4. The highest BCUT2D eigenvalue weighted by atomic mass is 16.5. The number of anilines is 1. The number of amides is 2. The molecule has 5 N–H and O–H groups in total. The van der Waals surface area contributed by atoms with Gasteiger partial charge in [0.05, 0.1) is 19.6 Å². The first kappa shape index (κ1) is 26.3. The molecule has 0 saturated carbocycles. The number of amidine groups is 1. The third-order valence-electron chi connectivity index (χ3n) is 5.62. The Balaban J connectivity index is 1.70. The lowest BCUT2D eigenvalue weighted by Gasteiger charge is -2.18. The van der Waals surface area contributed by atoms with E-state index in [-0.39, 0.29) is 37.2 Å². The second-order valence-electron chi connectivity index (χ2n) is 8.28. The van der Waals surface area contributed by atoms with E-state index in [0.717, 1.165) is 18.5 Å². The summed E-state index contributed by atoms with van der Waals surface area (Å²) in [5.41, 5.74) is 8.67. The van der Waals surface area contributed by atoms with Gasteiger partial charge in [0.15, 0.2) is 0 Å². The van der Waals surface area contributed by atoms with Crippen molar-refractivity contribution in [3.8, 4) is 11.8 Å². The van der Waals surface area contributed by atoms with Crippen LogP contribution in [0.15, 0.2) is 42.5 Å². The second kappa shape index (κ2) is 13.0. The predicted octanol–water partition coefficient (Wildman–Crippen LogP) is 1.89. The number of hydrogen-bond donors (Lipinski definition) is 4. The molecule has 188 valence electrons. The Morgan fingerprint density at radius 1 is 1.11 bits per heavy atom. The number of nitrogen functional groups attached to an aromatic ring is 1. The maximum Gasteiger partial charge on any atom is 0.325 e. The van der Waals surface area contributed by atoms with Gasteiger partial charge in [-0.1, -0.05) is 11.8 Å². The fourth-order valence-corrected chi connectivity index (χ4v) is 3.80. The fraction of sp³-hybridized carbons (Fsp3) is 0.333. The molecule has 0 unspecified atom stereocenters. The van der Waals surface area contributed by atoms with Gasteiger partial charge in [-0.3, -0.25) is 19.8 Å². The van der Waals surface area contributed by atoms with Crippen LogP contribution in [0.25, 0.3) is 0 Å². The number of nitrogens with two attached hydrogens (primary N) is 1. The lowest BCUT2D eigenvalue weighted by molar-refractivity contribution is -0.143. The summed E-state index contributed by atoms with van der Waals surface area (Å²) in [7, 11) is 0. The number of likely N-dealkylation sites (tertiary alicyclic amines) is 1. The number of rotatable bonds is 9. The van der Waals surface area contributed by atoms with Crippen LogP contribution in [0.3, 0.4) is 0 Å². The first-order valence-electron chi connectivity index (χ1n) is 11.9. The molecule has 36 heavy (non-hydrogen) atoms. The van der Waals surface area contributed by atoms with Gasteiger partial charge in [-0.05, 0) is 67.8 Å². The molecule has 0 radical (unpaired) electrons. The SMILES string of the molecule is CCOC(=O)CNC(=O)Cc1cc(C#CCNc2ccc(C(=N)N)cc2)ccc1C(=O)N1CCCC1. The molecule has 1 saturated heterocycles. The van der Waals surface area contributed by atoms with Crippen molar-refractivity contribution in [3.63, 3.8) is 0 Å². The Labute approximate surface area is 210 Å². The van der Waals surface area contributed by atoms with Gasteiger partial charge in [0.2, 0.25) is 5.91 Å². The van der Waals surface area contributed by atoms with Crippen molar-refractivity contribution in [2.75, 3.05) is 38.1 Å². The minimum absolute atomic E-state index is 0.0124. The smallest absolute Gasteiger partial charge is 0.325 e. The molecule has 9 nitrogen and oxygen atoms in total. The number of nitrogens with one attached hydrogen (secondary N) is 3. The van der Waals surface area contributed by atoms with E-state index in [1.807, 2.05) is 12.1 Å². The van der Waals surface area contributed by atoms with E-state index in [1.54, 1.807) is 42.2 Å². The molecule has 0 aliphatic carbocycles. The second-order valence-corrected chi connectivity index (χ2v) is 8.28. The van der Waals surface area contributed by atoms with Crippen molar-refractivity contribution in [2.24, 2.45) is 5.73 Å². The van der Waals surface area contributed by atoms with Crippen molar-refractivity contribution in [1.82, 2.24) is 10.2 Å². The van der Waals surface area contributed by atoms with Crippen LogP contribution in [0.1, 0.15) is 46.8 Å². The van der Waals surface area contributed by atoms with Gasteiger partial charge in [-0.2, -0.15) is 0 Å². The predicted molar refractivity (Wildman–Crippen MR) is 138 cm³/mol. The molecular formula is C27H31N5O4. The zero-order valence-corrected chi connectivity index (χ0v) is 20.4. The quantitative estimate of drug-likeness (QED) is 0.184. The van der Waals surface area contributed by atoms with Crippen LogP contribution < -0.4 is 16.4 Å². The molecule has 0 spiro atoms. The average Bonchev–Trinajstić information content (AvgIpc) is 3.41. The molecule has 9 heteroatoms. The maximum absolute atomic E-state index is 13.0. The van der Waals surface area contributed by atoms with Crippen molar-refractivity contribution >= 4 is 29.3 Å². The molecule has 2 aromatic rings. The van der Waals surface area contributed by atoms with Crippen molar-refractivity contribution < 1.29 is 19.1 Å². The van der Waals surface area contributed by atoms with E-state index in [2.05, 4.69) is 22.5 Å². The average molecular weight is 490 g/mol. The minimum atomic E-state index is -0.512. The van der Waals surface area contributed by atoms with Crippen LogP contribution in [0.5, 0.6) is 0 Å². The molecule has 1 heterocycles. The Morgan fingerprint density at radius 2 is 1.83 bits per heavy atom. The summed E-state index contributed by atoms with van der Waals surface area (Å²) in [4.78, 5) is 38.9. The third-order valence-corrected chi connectivity index (χ3v) is 5.62. The van der Waals surface area contributed by atoms with E-state index >= 15 is 0 Å². The summed E-state index contributed by atoms with van der Waals surface area (Å²) in [6, 6.07) is 12.4. The first-order valence-corrected chi connectivity index (χ1v) is 11.9. The molecular weight excluding hydrogens is 458 g/mol. The Bertz CT molecular complexity index is 1170. The molecule has 2 aromatic carbocycles. The van der Waals surface area contributed by atoms with Crippen molar-refractivity contribution in [3.05, 3.63) is 64.7 Å². The van der Waals surface area contributed by atoms with Gasteiger partial charge in [0.25, 0.3) is 5.91 Å². The number of esters is 1. The number of hydrogen-bond acceptors (Lipinski definition) is 6. The van der Waals surface area contributed by atoms with Crippen LogP contribution in [0.2, 0.25) is 0 Å². The lowest BCUT2D eigenvalue weighted by Crippen LogP contribution is -2.33. The summed E-state index contributed by atoms with van der Waals surface area (Å²) >= 11 is 0. The summed E-state index contributed by atoms with van der Waals surface area (Å²) in [6.07, 6.45) is 1.88. The van der Waals surface area contributed by atoms with E-state index in [9.17, 15) is 14.4 Å².